The summed E-state index contributed by atoms with van der Waals surface area (Å²) in [6, 6.07) is -2.75. The van der Waals surface area contributed by atoms with Crippen LogP contribution in [0.4, 0.5) is 0 Å². The Bertz CT molecular complexity index is 863. The molecule has 1 heterocycles. The van der Waals surface area contributed by atoms with Gasteiger partial charge in [-0.3, -0.25) is 4.79 Å². The standard InChI is InChI=1S/C25H44N4O11/c1-2-3-4-5-15(31)29-8-14-19(34)20(35)21(36)25(39-14)40-24-12(27)7-11(26)23(22(24)37)38-13-6-10(9-30)17(32)16(28)18(13)33/h1,10-14,16-25,30,32-37H,3-9,26-28H2,(H,29,31)/t10?,11-,12?,13-,14?,16?,17+,18?,19-,20?,21?,22?,23?,24-,25-/m1/s1. The van der Waals surface area contributed by atoms with Crippen molar-refractivity contribution < 1.29 is 54.8 Å². The highest BCUT2D eigenvalue weighted by Crippen LogP contribution is 2.33. The highest BCUT2D eigenvalue weighted by atomic mass is 16.7. The zero-order valence-electron chi connectivity index (χ0n) is 22.2. The van der Waals surface area contributed by atoms with Crippen LogP contribution in [0.3, 0.4) is 0 Å². The van der Waals surface area contributed by atoms with Gasteiger partial charge in [-0.1, -0.05) is 0 Å². The Morgan fingerprint density at radius 3 is 2.17 bits per heavy atom. The van der Waals surface area contributed by atoms with Crippen molar-refractivity contribution in [2.75, 3.05) is 13.2 Å². The van der Waals surface area contributed by atoms with Gasteiger partial charge in [0.05, 0.1) is 24.4 Å². The molecule has 9 unspecified atom stereocenters. The minimum absolute atomic E-state index is 0.0463. The van der Waals surface area contributed by atoms with E-state index in [9.17, 15) is 40.5 Å². The minimum atomic E-state index is -1.73. The number of nitrogens with two attached hydrogens (primary N) is 3. The first-order chi connectivity index (χ1) is 18.9. The summed E-state index contributed by atoms with van der Waals surface area (Å²) in [6.07, 6.45) is -8.60. The molecule has 40 heavy (non-hydrogen) atoms. The lowest BCUT2D eigenvalue weighted by atomic mass is 9.79. The first-order valence-electron chi connectivity index (χ1n) is 13.5. The Hall–Kier alpha value is -1.49. The van der Waals surface area contributed by atoms with E-state index in [1.54, 1.807) is 0 Å². The number of carbonyl (C=O) groups excluding carboxylic acids is 1. The molecule has 1 aliphatic heterocycles. The Kier molecular flexibility index (Phi) is 12.1. The topological polar surface area (TPSA) is 276 Å². The molecule has 2 saturated carbocycles. The van der Waals surface area contributed by atoms with Gasteiger partial charge in [-0.05, 0) is 19.3 Å². The lowest BCUT2D eigenvalue weighted by Crippen LogP contribution is -2.68. The van der Waals surface area contributed by atoms with E-state index in [1.807, 2.05) is 0 Å². The maximum Gasteiger partial charge on any atom is 0.220 e. The maximum absolute atomic E-state index is 12.0. The molecule has 15 heteroatoms. The van der Waals surface area contributed by atoms with E-state index in [2.05, 4.69) is 11.2 Å². The summed E-state index contributed by atoms with van der Waals surface area (Å²) in [5.41, 5.74) is 18.3. The largest absolute Gasteiger partial charge is 0.396 e. The molecular weight excluding hydrogens is 532 g/mol. The first kappa shape index (κ1) is 33.0. The lowest BCUT2D eigenvalue weighted by Gasteiger charge is -2.48. The van der Waals surface area contributed by atoms with Gasteiger partial charge >= 0.3 is 0 Å². The molecular formula is C25H44N4O11. The first-order valence-corrected chi connectivity index (χ1v) is 13.5. The van der Waals surface area contributed by atoms with Gasteiger partial charge < -0.3 is 72.5 Å². The van der Waals surface area contributed by atoms with Crippen molar-refractivity contribution in [3.05, 3.63) is 0 Å². The normalized spacial score (nSPS) is 46.0. The summed E-state index contributed by atoms with van der Waals surface area (Å²) < 4.78 is 17.4. The number of nitrogens with one attached hydrogen (secondary N) is 1. The van der Waals surface area contributed by atoms with Gasteiger partial charge in [0.25, 0.3) is 0 Å². The second-order valence-electron chi connectivity index (χ2n) is 10.9. The fourth-order valence-corrected chi connectivity index (χ4v) is 5.51. The highest BCUT2D eigenvalue weighted by Gasteiger charge is 2.51. The quantitative estimate of drug-likeness (QED) is 0.0854. The second-order valence-corrected chi connectivity index (χ2v) is 10.9. The summed E-state index contributed by atoms with van der Waals surface area (Å²) in [5, 5.41) is 75.4. The van der Waals surface area contributed by atoms with Gasteiger partial charge in [0.2, 0.25) is 5.91 Å². The molecule has 0 bridgehead atoms. The predicted molar refractivity (Wildman–Crippen MR) is 138 cm³/mol. The van der Waals surface area contributed by atoms with E-state index in [0.717, 1.165) is 0 Å². The van der Waals surface area contributed by atoms with Crippen LogP contribution in [0.25, 0.3) is 0 Å². The Balaban J connectivity index is 1.67. The van der Waals surface area contributed by atoms with Crippen LogP contribution in [-0.2, 0) is 19.0 Å². The van der Waals surface area contributed by atoms with E-state index in [0.29, 0.717) is 12.8 Å². The zero-order valence-corrected chi connectivity index (χ0v) is 22.2. The molecule has 3 aliphatic rings. The van der Waals surface area contributed by atoms with Crippen LogP contribution in [0, 0.1) is 18.3 Å². The average Bonchev–Trinajstić information content (AvgIpc) is 2.92. The van der Waals surface area contributed by atoms with Gasteiger partial charge in [-0.15, -0.1) is 12.3 Å². The van der Waals surface area contributed by atoms with Crippen molar-refractivity contribution in [2.24, 2.45) is 23.1 Å². The van der Waals surface area contributed by atoms with Gasteiger partial charge in [0.15, 0.2) is 6.29 Å². The average molecular weight is 577 g/mol. The molecule has 3 fully saturated rings. The fourth-order valence-electron chi connectivity index (χ4n) is 5.51. The van der Waals surface area contributed by atoms with Crippen molar-refractivity contribution in [2.45, 2.75) is 118 Å². The number of hydrogen-bond donors (Lipinski definition) is 11. The SMILES string of the molecule is C#CCCCC(=O)NCC1O[C@H](O[C@@H]2C(N)C[C@@H](N)C(O[C@@H]3CC(CO)[C@H](O)C(N)C3O)C2O)C(O)C(O)[C@@H]1O. The molecule has 3 rings (SSSR count). The molecule has 2 aliphatic carbocycles. The fraction of sp³-hybridized carbons (Fsp3) is 0.880. The van der Waals surface area contributed by atoms with E-state index >= 15 is 0 Å². The molecule has 1 saturated heterocycles. The number of ether oxygens (including phenoxy) is 3. The third kappa shape index (κ3) is 7.47. The number of aliphatic hydroxyl groups is 7. The van der Waals surface area contributed by atoms with E-state index < -0.39 is 98.0 Å². The number of unbranched alkanes of at least 4 members (excludes halogenated alkanes) is 1. The van der Waals surface area contributed by atoms with Crippen molar-refractivity contribution in [3.63, 3.8) is 0 Å². The van der Waals surface area contributed by atoms with E-state index in [-0.39, 0.29) is 31.7 Å². The summed E-state index contributed by atoms with van der Waals surface area (Å²) in [7, 11) is 0. The van der Waals surface area contributed by atoms with Gasteiger partial charge in [0.1, 0.15) is 42.7 Å². The third-order valence-corrected chi connectivity index (χ3v) is 8.00. The smallest absolute Gasteiger partial charge is 0.220 e. The lowest BCUT2D eigenvalue weighted by molar-refractivity contribution is -0.321. The number of amides is 1. The van der Waals surface area contributed by atoms with Crippen LogP contribution in [0.5, 0.6) is 0 Å². The van der Waals surface area contributed by atoms with Crippen LogP contribution in [0.1, 0.15) is 32.1 Å². The summed E-state index contributed by atoms with van der Waals surface area (Å²) >= 11 is 0. The predicted octanol–water partition coefficient (Wildman–Crippen LogP) is -5.67. The molecule has 0 aromatic heterocycles. The number of carbonyl (C=O) groups is 1. The van der Waals surface area contributed by atoms with Crippen molar-refractivity contribution in [1.82, 2.24) is 5.32 Å². The van der Waals surface area contributed by atoms with Crippen LogP contribution in [0.15, 0.2) is 0 Å². The summed E-state index contributed by atoms with van der Waals surface area (Å²) in [6.45, 7) is -0.595. The van der Waals surface area contributed by atoms with Crippen molar-refractivity contribution >= 4 is 5.91 Å². The highest BCUT2D eigenvalue weighted by molar-refractivity contribution is 5.75. The van der Waals surface area contributed by atoms with Gasteiger partial charge in [0, 0.05) is 44.0 Å². The van der Waals surface area contributed by atoms with Crippen molar-refractivity contribution in [1.29, 1.82) is 0 Å². The number of aliphatic hydroxyl groups excluding tert-OH is 7. The maximum atomic E-state index is 12.0. The minimum Gasteiger partial charge on any atom is -0.396 e. The molecule has 0 aromatic carbocycles. The molecule has 1 amide bonds. The third-order valence-electron chi connectivity index (χ3n) is 8.00. The van der Waals surface area contributed by atoms with Gasteiger partial charge in [-0.2, -0.15) is 0 Å². The molecule has 0 aromatic rings. The number of rotatable bonds is 10. The molecule has 230 valence electrons. The molecule has 14 N–H and O–H groups in total. The summed E-state index contributed by atoms with van der Waals surface area (Å²) in [5.74, 6) is 1.42. The molecule has 0 radical (unpaired) electrons. The Morgan fingerprint density at radius 1 is 0.900 bits per heavy atom. The van der Waals surface area contributed by atoms with E-state index in [1.165, 1.54) is 0 Å². The molecule has 15 atom stereocenters. The number of hydrogen-bond acceptors (Lipinski definition) is 14. The zero-order chi connectivity index (χ0) is 29.7. The van der Waals surface area contributed by atoms with Crippen LogP contribution in [-0.4, -0.2) is 140 Å². The Morgan fingerprint density at radius 2 is 1.55 bits per heavy atom. The monoisotopic (exact) mass is 576 g/mol. The Labute approximate surface area is 232 Å². The van der Waals surface area contributed by atoms with Crippen molar-refractivity contribution in [3.8, 4) is 12.3 Å². The number of terminal acetylenes is 1. The van der Waals surface area contributed by atoms with Crippen LogP contribution in [0.2, 0.25) is 0 Å². The summed E-state index contributed by atoms with van der Waals surface area (Å²) in [4.78, 5) is 12.0. The second kappa shape index (κ2) is 14.6. The van der Waals surface area contributed by atoms with E-state index in [4.69, 9.17) is 37.8 Å². The van der Waals surface area contributed by atoms with Gasteiger partial charge in [-0.25, -0.2) is 0 Å². The van der Waals surface area contributed by atoms with Crippen LogP contribution >= 0.6 is 0 Å². The van der Waals surface area contributed by atoms with Crippen LogP contribution < -0.4 is 22.5 Å². The molecule has 15 nitrogen and oxygen atoms in total. The molecule has 0 spiro atoms.